The number of hydrogen-bond acceptors (Lipinski definition) is 3. The molecule has 0 aliphatic carbocycles. The molecule has 1 aliphatic rings. The van der Waals surface area contributed by atoms with E-state index < -0.39 is 0 Å². The van der Waals surface area contributed by atoms with Gasteiger partial charge in [0, 0.05) is 29.8 Å². The molecule has 1 aromatic rings. The van der Waals surface area contributed by atoms with E-state index in [-0.39, 0.29) is 0 Å². The van der Waals surface area contributed by atoms with Gasteiger partial charge in [-0.25, -0.2) is 0 Å². The van der Waals surface area contributed by atoms with Crippen molar-refractivity contribution in [3.63, 3.8) is 0 Å². The minimum atomic E-state index is 0.886. The van der Waals surface area contributed by atoms with Crippen LogP contribution in [0, 0.1) is 6.92 Å². The molecule has 100 valence electrons. The standard InChI is InChI=1S/C14H21BrN2O/c1-12-3-4-14(13(15)11-12)16-5-2-6-17-7-9-18-10-8-17/h3-4,11,16H,2,5-10H2,1H3. The second kappa shape index (κ2) is 7.12. The highest BCUT2D eigenvalue weighted by atomic mass is 79.9. The van der Waals surface area contributed by atoms with Crippen LogP contribution in [-0.2, 0) is 4.74 Å². The molecule has 2 rings (SSSR count). The summed E-state index contributed by atoms with van der Waals surface area (Å²) in [5, 5.41) is 3.47. The molecule has 1 aromatic carbocycles. The average molecular weight is 313 g/mol. The highest BCUT2D eigenvalue weighted by Crippen LogP contribution is 2.23. The highest BCUT2D eigenvalue weighted by molar-refractivity contribution is 9.10. The van der Waals surface area contributed by atoms with Gasteiger partial charge in [-0.2, -0.15) is 0 Å². The molecule has 0 amide bonds. The van der Waals surface area contributed by atoms with Gasteiger partial charge in [-0.15, -0.1) is 0 Å². The van der Waals surface area contributed by atoms with Crippen molar-refractivity contribution in [2.75, 3.05) is 44.7 Å². The highest BCUT2D eigenvalue weighted by Gasteiger charge is 2.09. The molecule has 0 saturated carbocycles. The quantitative estimate of drug-likeness (QED) is 0.846. The van der Waals surface area contributed by atoms with Crippen molar-refractivity contribution in [3.05, 3.63) is 28.2 Å². The van der Waals surface area contributed by atoms with Crippen LogP contribution in [-0.4, -0.2) is 44.3 Å². The third-order valence-corrected chi connectivity index (χ3v) is 3.85. The molecule has 1 N–H and O–H groups in total. The summed E-state index contributed by atoms with van der Waals surface area (Å²) < 4.78 is 6.49. The van der Waals surface area contributed by atoms with Gasteiger partial charge in [-0.1, -0.05) is 6.07 Å². The Bertz CT molecular complexity index is 378. The van der Waals surface area contributed by atoms with Gasteiger partial charge < -0.3 is 10.1 Å². The summed E-state index contributed by atoms with van der Waals surface area (Å²) in [6.45, 7) is 8.20. The minimum Gasteiger partial charge on any atom is -0.384 e. The van der Waals surface area contributed by atoms with E-state index in [9.17, 15) is 0 Å². The fourth-order valence-electron chi connectivity index (χ4n) is 2.11. The van der Waals surface area contributed by atoms with E-state index in [0.717, 1.165) is 43.9 Å². The third kappa shape index (κ3) is 4.26. The number of halogens is 1. The third-order valence-electron chi connectivity index (χ3n) is 3.19. The van der Waals surface area contributed by atoms with E-state index in [1.165, 1.54) is 17.7 Å². The van der Waals surface area contributed by atoms with Crippen LogP contribution in [0.1, 0.15) is 12.0 Å². The number of rotatable bonds is 5. The van der Waals surface area contributed by atoms with Crippen molar-refractivity contribution >= 4 is 21.6 Å². The topological polar surface area (TPSA) is 24.5 Å². The molecule has 1 aliphatic heterocycles. The summed E-state index contributed by atoms with van der Waals surface area (Å²) in [5.74, 6) is 0. The zero-order valence-corrected chi connectivity index (χ0v) is 12.5. The second-order valence-corrected chi connectivity index (χ2v) is 5.57. The molecule has 0 unspecified atom stereocenters. The summed E-state index contributed by atoms with van der Waals surface area (Å²) in [7, 11) is 0. The van der Waals surface area contributed by atoms with E-state index in [0.29, 0.717) is 0 Å². The smallest absolute Gasteiger partial charge is 0.0594 e. The van der Waals surface area contributed by atoms with Gasteiger partial charge in [-0.05, 0) is 53.5 Å². The van der Waals surface area contributed by atoms with Gasteiger partial charge in [0.25, 0.3) is 0 Å². The molecule has 0 atom stereocenters. The monoisotopic (exact) mass is 312 g/mol. The van der Waals surface area contributed by atoms with Gasteiger partial charge in [0.15, 0.2) is 0 Å². The first-order valence-electron chi connectivity index (χ1n) is 6.56. The zero-order valence-electron chi connectivity index (χ0n) is 10.9. The lowest BCUT2D eigenvalue weighted by Crippen LogP contribution is -2.37. The number of aryl methyl sites for hydroxylation is 1. The fraction of sp³-hybridized carbons (Fsp3) is 0.571. The summed E-state index contributed by atoms with van der Waals surface area (Å²) >= 11 is 3.59. The van der Waals surface area contributed by atoms with Crippen LogP contribution in [0.3, 0.4) is 0 Å². The van der Waals surface area contributed by atoms with E-state index >= 15 is 0 Å². The van der Waals surface area contributed by atoms with E-state index in [4.69, 9.17) is 4.74 Å². The molecule has 1 heterocycles. The summed E-state index contributed by atoms with van der Waals surface area (Å²) in [6, 6.07) is 6.41. The fourth-order valence-corrected chi connectivity index (χ4v) is 2.75. The van der Waals surface area contributed by atoms with Crippen LogP contribution in [0.2, 0.25) is 0 Å². The number of morpholine rings is 1. The Hall–Kier alpha value is -0.580. The predicted molar refractivity (Wildman–Crippen MR) is 79.2 cm³/mol. The number of benzene rings is 1. The SMILES string of the molecule is Cc1ccc(NCCCN2CCOCC2)c(Br)c1. The van der Waals surface area contributed by atoms with Crippen molar-refractivity contribution in [2.24, 2.45) is 0 Å². The van der Waals surface area contributed by atoms with E-state index in [1.807, 2.05) is 0 Å². The first-order valence-corrected chi connectivity index (χ1v) is 7.35. The normalized spacial score (nSPS) is 16.8. The van der Waals surface area contributed by atoms with Gasteiger partial charge >= 0.3 is 0 Å². The Labute approximate surface area is 118 Å². The Morgan fingerprint density at radius 3 is 2.83 bits per heavy atom. The molecule has 0 radical (unpaired) electrons. The van der Waals surface area contributed by atoms with Gasteiger partial charge in [-0.3, -0.25) is 4.90 Å². The lowest BCUT2D eigenvalue weighted by atomic mass is 10.2. The Morgan fingerprint density at radius 1 is 1.33 bits per heavy atom. The maximum Gasteiger partial charge on any atom is 0.0594 e. The maximum atomic E-state index is 5.34. The number of ether oxygens (including phenoxy) is 1. The van der Waals surface area contributed by atoms with Gasteiger partial charge in [0.1, 0.15) is 0 Å². The summed E-state index contributed by atoms with van der Waals surface area (Å²) in [5.41, 5.74) is 2.46. The maximum absolute atomic E-state index is 5.34. The van der Waals surface area contributed by atoms with Crippen LogP contribution in [0.4, 0.5) is 5.69 Å². The molecular weight excluding hydrogens is 292 g/mol. The van der Waals surface area contributed by atoms with E-state index in [2.05, 4.69) is 51.3 Å². The Kier molecular flexibility index (Phi) is 5.47. The molecular formula is C14H21BrN2O. The van der Waals surface area contributed by atoms with Crippen LogP contribution >= 0.6 is 15.9 Å². The number of nitrogens with zero attached hydrogens (tertiary/aromatic N) is 1. The first kappa shape index (κ1) is 13.8. The molecule has 3 nitrogen and oxygen atoms in total. The van der Waals surface area contributed by atoms with Crippen LogP contribution < -0.4 is 5.32 Å². The molecule has 18 heavy (non-hydrogen) atoms. The van der Waals surface area contributed by atoms with Crippen molar-refractivity contribution in [3.8, 4) is 0 Å². The lowest BCUT2D eigenvalue weighted by molar-refractivity contribution is 0.0378. The zero-order chi connectivity index (χ0) is 12.8. The number of anilines is 1. The Morgan fingerprint density at radius 2 is 2.11 bits per heavy atom. The van der Waals surface area contributed by atoms with Crippen molar-refractivity contribution in [2.45, 2.75) is 13.3 Å². The second-order valence-electron chi connectivity index (χ2n) is 4.72. The lowest BCUT2D eigenvalue weighted by Gasteiger charge is -2.26. The number of hydrogen-bond donors (Lipinski definition) is 1. The van der Waals surface area contributed by atoms with Crippen molar-refractivity contribution in [1.29, 1.82) is 0 Å². The summed E-state index contributed by atoms with van der Waals surface area (Å²) in [6.07, 6.45) is 1.17. The molecule has 1 saturated heterocycles. The van der Waals surface area contributed by atoms with Crippen LogP contribution in [0.25, 0.3) is 0 Å². The average Bonchev–Trinajstić information content (AvgIpc) is 2.38. The van der Waals surface area contributed by atoms with Gasteiger partial charge in [0.05, 0.1) is 13.2 Å². The Balaban J connectivity index is 1.68. The molecule has 0 spiro atoms. The number of nitrogens with one attached hydrogen (secondary N) is 1. The minimum absolute atomic E-state index is 0.886. The largest absolute Gasteiger partial charge is 0.384 e. The molecule has 4 heteroatoms. The molecule has 0 aromatic heterocycles. The first-order chi connectivity index (χ1) is 8.75. The van der Waals surface area contributed by atoms with Gasteiger partial charge in [0.2, 0.25) is 0 Å². The van der Waals surface area contributed by atoms with Crippen LogP contribution in [0.15, 0.2) is 22.7 Å². The van der Waals surface area contributed by atoms with Crippen LogP contribution in [0.5, 0.6) is 0 Å². The summed E-state index contributed by atoms with van der Waals surface area (Å²) in [4.78, 5) is 2.47. The van der Waals surface area contributed by atoms with E-state index in [1.54, 1.807) is 0 Å². The van der Waals surface area contributed by atoms with Crippen molar-refractivity contribution < 1.29 is 4.74 Å². The molecule has 0 bridgehead atoms. The molecule has 1 fully saturated rings. The van der Waals surface area contributed by atoms with Crippen molar-refractivity contribution in [1.82, 2.24) is 4.90 Å². The predicted octanol–water partition coefficient (Wildman–Crippen LogP) is 2.89.